The minimum atomic E-state index is -0.424. The molecule has 0 aliphatic heterocycles. The average Bonchev–Trinajstić information content (AvgIpc) is 3.16. The van der Waals surface area contributed by atoms with Gasteiger partial charge in [0.25, 0.3) is 0 Å². The zero-order chi connectivity index (χ0) is 20.4. The summed E-state index contributed by atoms with van der Waals surface area (Å²) in [6.07, 6.45) is 0.758. The van der Waals surface area contributed by atoms with E-state index in [1.54, 1.807) is 6.07 Å². The van der Waals surface area contributed by atoms with Crippen molar-refractivity contribution in [2.75, 3.05) is 0 Å². The Morgan fingerprint density at radius 3 is 2.72 bits per heavy atom. The van der Waals surface area contributed by atoms with Crippen LogP contribution in [0.5, 0.6) is 5.75 Å². The lowest BCUT2D eigenvalue weighted by molar-refractivity contribution is -0.133. The summed E-state index contributed by atoms with van der Waals surface area (Å²) in [5.41, 5.74) is 3.39. The van der Waals surface area contributed by atoms with Gasteiger partial charge >= 0.3 is 11.6 Å². The topological polar surface area (TPSA) is 69.4 Å². The van der Waals surface area contributed by atoms with Gasteiger partial charge in [-0.15, -0.1) is 11.3 Å². The second-order valence-electron chi connectivity index (χ2n) is 6.72. The number of esters is 1. The van der Waals surface area contributed by atoms with Gasteiger partial charge in [-0.25, -0.2) is 9.78 Å². The molecule has 2 aromatic heterocycles. The molecule has 0 aliphatic rings. The number of carbonyl (C=O) groups excluding carboxylic acids is 1. The van der Waals surface area contributed by atoms with E-state index in [1.165, 1.54) is 17.4 Å². The summed E-state index contributed by atoms with van der Waals surface area (Å²) in [6, 6.07) is 14.8. The van der Waals surface area contributed by atoms with Crippen LogP contribution in [0.15, 0.2) is 63.1 Å². The first-order chi connectivity index (χ1) is 14.0. The third-order valence-corrected chi connectivity index (χ3v) is 5.58. The van der Waals surface area contributed by atoms with Crippen molar-refractivity contribution in [1.82, 2.24) is 4.98 Å². The minimum Gasteiger partial charge on any atom is -0.426 e. The molecule has 0 amide bonds. The van der Waals surface area contributed by atoms with Crippen LogP contribution in [0.25, 0.3) is 21.5 Å². The molecule has 0 radical (unpaired) electrons. The van der Waals surface area contributed by atoms with E-state index >= 15 is 0 Å². The molecule has 5 nitrogen and oxygen atoms in total. The number of ether oxygens (including phenoxy) is 1. The highest BCUT2D eigenvalue weighted by Crippen LogP contribution is 2.28. The predicted octanol–water partition coefficient (Wildman–Crippen LogP) is 4.94. The van der Waals surface area contributed by atoms with Crippen molar-refractivity contribution in [1.29, 1.82) is 0 Å². The lowest BCUT2D eigenvalue weighted by atomic mass is 10.1. The highest BCUT2D eigenvalue weighted by Gasteiger charge is 2.15. The Hall–Kier alpha value is -3.25. The summed E-state index contributed by atoms with van der Waals surface area (Å²) < 4.78 is 10.9. The fraction of sp³-hybridized carbons (Fsp3) is 0.174. The summed E-state index contributed by atoms with van der Waals surface area (Å²) >= 11 is 1.50. The Labute approximate surface area is 171 Å². The fourth-order valence-electron chi connectivity index (χ4n) is 3.17. The molecule has 0 bridgehead atoms. The molecular formula is C23H19NO4S. The quantitative estimate of drug-likeness (QED) is 0.267. The van der Waals surface area contributed by atoms with Gasteiger partial charge in [0.1, 0.15) is 16.3 Å². The molecular weight excluding hydrogens is 386 g/mol. The van der Waals surface area contributed by atoms with Gasteiger partial charge in [-0.3, -0.25) is 4.79 Å². The SMILES string of the molecule is CCc1cc2c(C)cc(=O)oc2cc1OC(=O)Cc1csc(-c2ccccc2)n1. The predicted molar refractivity (Wildman–Crippen MR) is 113 cm³/mol. The van der Waals surface area contributed by atoms with Crippen LogP contribution in [0.2, 0.25) is 0 Å². The van der Waals surface area contributed by atoms with Crippen molar-refractivity contribution in [2.24, 2.45) is 0 Å². The van der Waals surface area contributed by atoms with Gasteiger partial charge in [0, 0.05) is 28.5 Å². The highest BCUT2D eigenvalue weighted by molar-refractivity contribution is 7.13. The van der Waals surface area contributed by atoms with Gasteiger partial charge in [0.15, 0.2) is 0 Å². The zero-order valence-corrected chi connectivity index (χ0v) is 16.9. The molecule has 6 heteroatoms. The number of carbonyl (C=O) groups is 1. The van der Waals surface area contributed by atoms with E-state index in [-0.39, 0.29) is 6.42 Å². The summed E-state index contributed by atoms with van der Waals surface area (Å²) in [4.78, 5) is 28.7. The molecule has 4 aromatic rings. The normalized spacial score (nSPS) is 11.0. The summed E-state index contributed by atoms with van der Waals surface area (Å²) in [6.45, 7) is 3.84. The molecule has 29 heavy (non-hydrogen) atoms. The minimum absolute atomic E-state index is 0.0717. The molecule has 2 heterocycles. The van der Waals surface area contributed by atoms with Crippen molar-refractivity contribution in [2.45, 2.75) is 26.7 Å². The van der Waals surface area contributed by atoms with Gasteiger partial charge < -0.3 is 9.15 Å². The van der Waals surface area contributed by atoms with Crippen molar-refractivity contribution in [3.8, 4) is 16.3 Å². The van der Waals surface area contributed by atoms with E-state index in [4.69, 9.17) is 9.15 Å². The van der Waals surface area contributed by atoms with E-state index < -0.39 is 11.6 Å². The number of benzene rings is 2. The molecule has 0 saturated heterocycles. The number of thiazole rings is 1. The molecule has 0 saturated carbocycles. The van der Waals surface area contributed by atoms with Crippen molar-refractivity contribution < 1.29 is 13.9 Å². The number of fused-ring (bicyclic) bond motifs is 1. The van der Waals surface area contributed by atoms with Crippen LogP contribution in [-0.2, 0) is 17.6 Å². The molecule has 0 spiro atoms. The Kier molecular flexibility index (Phi) is 5.27. The molecule has 0 atom stereocenters. The maximum Gasteiger partial charge on any atom is 0.336 e. The second kappa shape index (κ2) is 8.01. The summed E-state index contributed by atoms with van der Waals surface area (Å²) in [5, 5.41) is 3.58. The smallest absolute Gasteiger partial charge is 0.336 e. The lowest BCUT2D eigenvalue weighted by Crippen LogP contribution is -2.13. The van der Waals surface area contributed by atoms with Crippen molar-refractivity contribution in [3.63, 3.8) is 0 Å². The first-order valence-electron chi connectivity index (χ1n) is 9.31. The molecule has 0 unspecified atom stereocenters. The molecule has 4 rings (SSSR count). The van der Waals surface area contributed by atoms with Crippen molar-refractivity contribution >= 4 is 28.3 Å². The van der Waals surface area contributed by atoms with Gasteiger partial charge in [-0.05, 0) is 30.5 Å². The third-order valence-electron chi connectivity index (χ3n) is 4.64. The monoisotopic (exact) mass is 405 g/mol. The van der Waals surface area contributed by atoms with Gasteiger partial charge in [-0.1, -0.05) is 37.3 Å². The fourth-order valence-corrected chi connectivity index (χ4v) is 4.00. The maximum atomic E-state index is 12.5. The number of hydrogen-bond acceptors (Lipinski definition) is 6. The molecule has 2 aromatic carbocycles. The van der Waals surface area contributed by atoms with Crippen LogP contribution in [0.4, 0.5) is 0 Å². The molecule has 0 N–H and O–H groups in total. The second-order valence-corrected chi connectivity index (χ2v) is 7.58. The van der Waals surface area contributed by atoms with Gasteiger partial charge in [-0.2, -0.15) is 0 Å². The zero-order valence-electron chi connectivity index (χ0n) is 16.1. The van der Waals surface area contributed by atoms with Crippen molar-refractivity contribution in [3.05, 3.63) is 81.2 Å². The Morgan fingerprint density at radius 1 is 1.17 bits per heavy atom. The van der Waals surface area contributed by atoms with E-state index in [1.807, 2.05) is 55.6 Å². The Bertz CT molecular complexity index is 1240. The van der Waals surface area contributed by atoms with Crippen LogP contribution in [0, 0.1) is 6.92 Å². The number of aromatic nitrogens is 1. The van der Waals surface area contributed by atoms with Gasteiger partial charge in [0.05, 0.1) is 12.1 Å². The van der Waals surface area contributed by atoms with Crippen LogP contribution in [0.3, 0.4) is 0 Å². The van der Waals surface area contributed by atoms with Crippen LogP contribution in [-0.4, -0.2) is 11.0 Å². The summed E-state index contributed by atoms with van der Waals surface area (Å²) in [7, 11) is 0. The van der Waals surface area contributed by atoms with E-state index in [9.17, 15) is 9.59 Å². The first kappa shape index (κ1) is 19.1. The molecule has 0 aliphatic carbocycles. The maximum absolute atomic E-state index is 12.5. The van der Waals surface area contributed by atoms with Crippen LogP contribution >= 0.6 is 11.3 Å². The largest absolute Gasteiger partial charge is 0.426 e. The third kappa shape index (κ3) is 4.12. The molecule has 0 fully saturated rings. The van der Waals surface area contributed by atoms with Crippen LogP contribution < -0.4 is 10.4 Å². The Balaban J connectivity index is 1.56. The average molecular weight is 405 g/mol. The number of hydrogen-bond donors (Lipinski definition) is 0. The Morgan fingerprint density at radius 2 is 1.97 bits per heavy atom. The van der Waals surface area contributed by atoms with Gasteiger partial charge in [0.2, 0.25) is 0 Å². The number of nitrogens with zero attached hydrogens (tertiary/aromatic N) is 1. The molecule has 146 valence electrons. The lowest BCUT2D eigenvalue weighted by Gasteiger charge is -2.10. The summed E-state index contributed by atoms with van der Waals surface area (Å²) in [5.74, 6) is 0.0104. The van der Waals surface area contributed by atoms with E-state index in [0.29, 0.717) is 23.4 Å². The number of aryl methyl sites for hydroxylation is 2. The standard InChI is InChI=1S/C23H19NO4S/c1-3-15-10-18-14(2)9-21(25)28-20(18)12-19(15)27-22(26)11-17-13-29-23(24-17)16-7-5-4-6-8-16/h4-10,12-13H,3,11H2,1-2H3. The first-order valence-corrected chi connectivity index (χ1v) is 10.2. The van der Waals surface area contributed by atoms with E-state index in [2.05, 4.69) is 4.98 Å². The van der Waals surface area contributed by atoms with E-state index in [0.717, 1.165) is 27.1 Å². The van der Waals surface area contributed by atoms with Crippen LogP contribution in [0.1, 0.15) is 23.7 Å². The highest BCUT2D eigenvalue weighted by atomic mass is 32.1. The number of rotatable bonds is 5.